The Hall–Kier alpha value is -3.55. The minimum absolute atomic E-state index is 0.242. The molecule has 8 nitrogen and oxygen atoms in total. The van der Waals surface area contributed by atoms with Crippen molar-refractivity contribution in [1.29, 1.82) is 0 Å². The first kappa shape index (κ1) is 20.2. The first-order valence-corrected chi connectivity index (χ1v) is 9.03. The molecule has 3 rings (SSSR count). The summed E-state index contributed by atoms with van der Waals surface area (Å²) in [4.78, 5) is 37.4. The Bertz CT molecular complexity index is 954. The number of benzene rings is 2. The molecule has 1 unspecified atom stereocenters. The second kappa shape index (κ2) is 8.22. The van der Waals surface area contributed by atoms with Gasteiger partial charge in [-0.05, 0) is 53.9 Å². The molecular formula is C21H22N2O6. The molecule has 0 fully saturated rings. The van der Waals surface area contributed by atoms with Crippen molar-refractivity contribution in [2.24, 2.45) is 5.73 Å². The van der Waals surface area contributed by atoms with Crippen LogP contribution in [0.2, 0.25) is 0 Å². The predicted octanol–water partition coefficient (Wildman–Crippen LogP) is 2.02. The zero-order valence-corrected chi connectivity index (χ0v) is 16.2. The van der Waals surface area contributed by atoms with E-state index in [2.05, 4.69) is 0 Å². The maximum Gasteiger partial charge on any atom is 0.305 e. The van der Waals surface area contributed by atoms with Gasteiger partial charge in [-0.2, -0.15) is 0 Å². The van der Waals surface area contributed by atoms with Crippen LogP contribution in [0.3, 0.4) is 0 Å². The summed E-state index contributed by atoms with van der Waals surface area (Å²) in [6, 6.07) is 8.90. The van der Waals surface area contributed by atoms with Gasteiger partial charge in [0.25, 0.3) is 5.91 Å². The van der Waals surface area contributed by atoms with Crippen LogP contribution in [-0.4, -0.2) is 48.6 Å². The van der Waals surface area contributed by atoms with Crippen LogP contribution in [0.5, 0.6) is 11.5 Å². The number of aliphatic carboxylic acids is 1. The Kier molecular flexibility index (Phi) is 5.72. The van der Waals surface area contributed by atoms with E-state index >= 15 is 0 Å². The molecule has 0 bridgehead atoms. The predicted molar refractivity (Wildman–Crippen MR) is 104 cm³/mol. The lowest BCUT2D eigenvalue weighted by Gasteiger charge is -2.37. The molecule has 8 heteroatoms. The normalized spacial score (nSPS) is 15.4. The average Bonchev–Trinajstić information content (AvgIpc) is 2.72. The second-order valence-corrected chi connectivity index (χ2v) is 6.71. The quantitative estimate of drug-likeness (QED) is 0.768. The molecule has 2 aromatic rings. The van der Waals surface area contributed by atoms with Crippen LogP contribution < -0.4 is 15.2 Å². The smallest absolute Gasteiger partial charge is 0.305 e. The molecular weight excluding hydrogens is 376 g/mol. The number of carbonyl (C=O) groups is 3. The van der Waals surface area contributed by atoms with E-state index < -0.39 is 17.9 Å². The van der Waals surface area contributed by atoms with Gasteiger partial charge >= 0.3 is 5.97 Å². The van der Waals surface area contributed by atoms with Gasteiger partial charge in [-0.1, -0.05) is 0 Å². The third-order valence-corrected chi connectivity index (χ3v) is 5.05. The summed E-state index contributed by atoms with van der Waals surface area (Å²) in [5.41, 5.74) is 7.53. The van der Waals surface area contributed by atoms with Gasteiger partial charge in [0, 0.05) is 17.7 Å². The molecule has 0 saturated heterocycles. The summed E-state index contributed by atoms with van der Waals surface area (Å²) < 4.78 is 10.7. The molecule has 152 valence electrons. The van der Waals surface area contributed by atoms with E-state index in [1.54, 1.807) is 11.0 Å². The SMILES string of the molecule is COc1cc2c(cc1OC)C(CC(=O)O)N(C(=O)c1ccc(C(N)=O)cc1)CC2. The molecule has 0 spiro atoms. The van der Waals surface area contributed by atoms with Crippen LogP contribution in [0.25, 0.3) is 0 Å². The molecule has 0 aromatic heterocycles. The number of nitrogens with zero attached hydrogens (tertiary/aromatic N) is 1. The van der Waals surface area contributed by atoms with E-state index in [-0.39, 0.29) is 12.3 Å². The Balaban J connectivity index is 2.00. The van der Waals surface area contributed by atoms with E-state index in [4.69, 9.17) is 15.2 Å². The van der Waals surface area contributed by atoms with Crippen molar-refractivity contribution in [3.8, 4) is 11.5 Å². The van der Waals surface area contributed by atoms with Crippen molar-refractivity contribution < 1.29 is 29.0 Å². The number of hydrogen-bond acceptors (Lipinski definition) is 5. The van der Waals surface area contributed by atoms with Crippen LogP contribution >= 0.6 is 0 Å². The lowest BCUT2D eigenvalue weighted by atomic mass is 9.89. The van der Waals surface area contributed by atoms with Gasteiger partial charge in [0.15, 0.2) is 11.5 Å². The van der Waals surface area contributed by atoms with Crippen LogP contribution in [0.1, 0.15) is 44.3 Å². The number of hydrogen-bond donors (Lipinski definition) is 2. The van der Waals surface area contributed by atoms with Crippen LogP contribution in [0.15, 0.2) is 36.4 Å². The summed E-state index contributed by atoms with van der Waals surface area (Å²) in [5, 5.41) is 9.44. The Morgan fingerprint density at radius 1 is 1.07 bits per heavy atom. The number of amides is 2. The van der Waals surface area contributed by atoms with Crippen molar-refractivity contribution >= 4 is 17.8 Å². The number of carboxylic acids is 1. The molecule has 1 aliphatic heterocycles. The van der Waals surface area contributed by atoms with Crippen molar-refractivity contribution in [2.75, 3.05) is 20.8 Å². The lowest BCUT2D eigenvalue weighted by molar-refractivity contribution is -0.138. The summed E-state index contributed by atoms with van der Waals surface area (Å²) in [7, 11) is 3.04. The topological polar surface area (TPSA) is 119 Å². The highest BCUT2D eigenvalue weighted by atomic mass is 16.5. The fourth-order valence-corrected chi connectivity index (χ4v) is 3.60. The molecule has 2 amide bonds. The standard InChI is InChI=1S/C21H22N2O6/c1-28-17-9-14-7-8-23(16(11-19(24)25)15(14)10-18(17)29-2)21(27)13-5-3-12(4-6-13)20(22)26/h3-6,9-10,16H,7-8,11H2,1-2H3,(H2,22,26)(H,24,25). The number of methoxy groups -OCH3 is 2. The van der Waals surface area contributed by atoms with Crippen LogP contribution in [0.4, 0.5) is 0 Å². The maximum atomic E-state index is 13.1. The van der Waals surface area contributed by atoms with Crippen molar-refractivity contribution in [1.82, 2.24) is 4.90 Å². The number of carbonyl (C=O) groups excluding carboxylic acids is 2. The van der Waals surface area contributed by atoms with Crippen LogP contribution in [0, 0.1) is 0 Å². The monoisotopic (exact) mass is 398 g/mol. The molecule has 2 aromatic carbocycles. The Morgan fingerprint density at radius 3 is 2.21 bits per heavy atom. The van der Waals surface area contributed by atoms with Crippen molar-refractivity contribution in [2.45, 2.75) is 18.9 Å². The largest absolute Gasteiger partial charge is 0.493 e. The van der Waals surface area contributed by atoms with E-state index in [1.807, 2.05) is 6.07 Å². The summed E-state index contributed by atoms with van der Waals surface area (Å²) in [6.07, 6.45) is 0.310. The first-order chi connectivity index (χ1) is 13.8. The van der Waals surface area contributed by atoms with E-state index in [1.165, 1.54) is 38.5 Å². The number of primary amides is 1. The van der Waals surface area contributed by atoms with Gasteiger partial charge in [-0.3, -0.25) is 14.4 Å². The van der Waals surface area contributed by atoms with Gasteiger partial charge in [-0.25, -0.2) is 0 Å². The highest BCUT2D eigenvalue weighted by Crippen LogP contribution is 2.40. The molecule has 0 aliphatic carbocycles. The summed E-state index contributed by atoms with van der Waals surface area (Å²) in [5.74, 6) is -0.878. The minimum Gasteiger partial charge on any atom is -0.493 e. The number of carboxylic acid groups (broad SMARTS) is 1. The first-order valence-electron chi connectivity index (χ1n) is 9.03. The van der Waals surface area contributed by atoms with E-state index in [0.29, 0.717) is 35.6 Å². The number of nitrogens with two attached hydrogens (primary N) is 1. The van der Waals surface area contributed by atoms with Crippen molar-refractivity contribution in [3.05, 3.63) is 58.7 Å². The number of fused-ring (bicyclic) bond motifs is 1. The fourth-order valence-electron chi connectivity index (χ4n) is 3.60. The molecule has 1 atom stereocenters. The average molecular weight is 398 g/mol. The van der Waals surface area contributed by atoms with Gasteiger partial charge < -0.3 is 25.2 Å². The third kappa shape index (κ3) is 4.01. The van der Waals surface area contributed by atoms with Gasteiger partial charge in [-0.15, -0.1) is 0 Å². The number of rotatable bonds is 6. The third-order valence-electron chi connectivity index (χ3n) is 5.05. The van der Waals surface area contributed by atoms with Crippen LogP contribution in [-0.2, 0) is 11.2 Å². The molecule has 29 heavy (non-hydrogen) atoms. The summed E-state index contributed by atoms with van der Waals surface area (Å²) >= 11 is 0. The zero-order valence-electron chi connectivity index (χ0n) is 16.2. The van der Waals surface area contributed by atoms with Gasteiger partial charge in [0.05, 0.1) is 26.7 Å². The number of ether oxygens (including phenoxy) is 2. The zero-order chi connectivity index (χ0) is 21.1. The second-order valence-electron chi connectivity index (χ2n) is 6.71. The van der Waals surface area contributed by atoms with Gasteiger partial charge in [0.1, 0.15) is 0 Å². The fraction of sp³-hybridized carbons (Fsp3) is 0.286. The molecule has 3 N–H and O–H groups in total. The summed E-state index contributed by atoms with van der Waals surface area (Å²) in [6.45, 7) is 0.358. The van der Waals surface area contributed by atoms with Crippen molar-refractivity contribution in [3.63, 3.8) is 0 Å². The molecule has 1 aliphatic rings. The molecule has 1 heterocycles. The van der Waals surface area contributed by atoms with Gasteiger partial charge in [0.2, 0.25) is 5.91 Å². The Morgan fingerprint density at radius 2 is 1.66 bits per heavy atom. The molecule has 0 saturated carbocycles. The molecule has 0 radical (unpaired) electrons. The maximum absolute atomic E-state index is 13.1. The lowest BCUT2D eigenvalue weighted by Crippen LogP contribution is -2.41. The highest BCUT2D eigenvalue weighted by Gasteiger charge is 2.34. The Labute approximate surface area is 167 Å². The van der Waals surface area contributed by atoms with E-state index in [9.17, 15) is 19.5 Å². The minimum atomic E-state index is -1.01. The van der Waals surface area contributed by atoms with E-state index in [0.717, 1.165) is 11.1 Å². The highest BCUT2D eigenvalue weighted by molar-refractivity contribution is 5.97.